The molecule has 0 amide bonds. The van der Waals surface area contributed by atoms with Gasteiger partial charge < -0.3 is 10.6 Å². The van der Waals surface area contributed by atoms with Crippen LogP contribution in [0.4, 0.5) is 11.8 Å². The van der Waals surface area contributed by atoms with Crippen molar-refractivity contribution in [2.45, 2.75) is 46.0 Å². The Kier molecular flexibility index (Phi) is 5.24. The average Bonchev–Trinajstić information content (AvgIpc) is 2.63. The molecule has 1 aromatic heterocycles. The van der Waals surface area contributed by atoms with Crippen LogP contribution in [0.2, 0.25) is 0 Å². The zero-order chi connectivity index (χ0) is 13.8. The van der Waals surface area contributed by atoms with E-state index in [9.17, 15) is 0 Å². The third-order valence-corrected chi connectivity index (χ3v) is 4.60. The van der Waals surface area contributed by atoms with Crippen LogP contribution in [0.3, 0.4) is 0 Å². The van der Waals surface area contributed by atoms with Crippen LogP contribution in [0.15, 0.2) is 0 Å². The van der Waals surface area contributed by atoms with E-state index in [1.54, 1.807) is 0 Å². The summed E-state index contributed by atoms with van der Waals surface area (Å²) >= 11 is 2.26. The third-order valence-electron chi connectivity index (χ3n) is 3.42. The van der Waals surface area contributed by atoms with Crippen LogP contribution in [0.25, 0.3) is 0 Å². The molecule has 0 spiro atoms. The van der Waals surface area contributed by atoms with Gasteiger partial charge in [-0.1, -0.05) is 26.7 Å². The Labute approximate surface area is 129 Å². The van der Waals surface area contributed by atoms with Crippen molar-refractivity contribution in [3.05, 3.63) is 9.26 Å². The maximum atomic E-state index is 6.06. The van der Waals surface area contributed by atoms with Crippen LogP contribution in [0, 0.1) is 9.49 Å². The Morgan fingerprint density at radius 2 is 1.79 bits per heavy atom. The van der Waals surface area contributed by atoms with E-state index in [-0.39, 0.29) is 0 Å². The Bertz CT molecular complexity index is 426. The lowest BCUT2D eigenvalue weighted by molar-refractivity contribution is 0.629. The Morgan fingerprint density at radius 1 is 1.16 bits per heavy atom. The second kappa shape index (κ2) is 6.72. The van der Waals surface area contributed by atoms with E-state index >= 15 is 0 Å². The molecule has 0 bridgehead atoms. The first-order valence-corrected chi connectivity index (χ1v) is 8.22. The molecule has 4 nitrogen and oxygen atoms in total. The quantitative estimate of drug-likeness (QED) is 0.826. The number of rotatable bonds is 3. The summed E-state index contributed by atoms with van der Waals surface area (Å²) in [5.74, 6) is 2.04. The van der Waals surface area contributed by atoms with E-state index < -0.39 is 0 Å². The Hall–Kier alpha value is -0.590. The first-order valence-electron chi connectivity index (χ1n) is 7.14. The zero-order valence-corrected chi connectivity index (χ0v) is 14.0. The summed E-state index contributed by atoms with van der Waals surface area (Å²) in [6.45, 7) is 6.53. The van der Waals surface area contributed by atoms with Crippen LogP contribution >= 0.6 is 22.6 Å². The maximum absolute atomic E-state index is 6.06. The van der Waals surface area contributed by atoms with Gasteiger partial charge in [-0.2, -0.15) is 4.98 Å². The standard InChI is InChI=1S/C14H23IN4/c1-10(2)9-11-12(15)13(16)18-14(17-11)19-7-5-3-4-6-8-19/h10H,3-9H2,1-2H3,(H2,16,17,18). The van der Waals surface area contributed by atoms with Gasteiger partial charge >= 0.3 is 0 Å². The van der Waals surface area contributed by atoms with Crippen molar-refractivity contribution in [1.29, 1.82) is 0 Å². The summed E-state index contributed by atoms with van der Waals surface area (Å²) in [5.41, 5.74) is 7.16. The molecule has 0 radical (unpaired) electrons. The second-order valence-electron chi connectivity index (χ2n) is 5.67. The highest BCUT2D eigenvalue weighted by Crippen LogP contribution is 2.24. The molecule has 0 atom stereocenters. The maximum Gasteiger partial charge on any atom is 0.227 e. The molecule has 5 heteroatoms. The van der Waals surface area contributed by atoms with Crippen molar-refractivity contribution >= 4 is 34.4 Å². The molecule has 1 saturated heterocycles. The molecule has 1 aromatic rings. The predicted octanol–water partition coefficient (Wildman–Crippen LogP) is 3.24. The number of halogens is 1. The monoisotopic (exact) mass is 374 g/mol. The molecule has 1 aliphatic rings. The predicted molar refractivity (Wildman–Crippen MR) is 88.4 cm³/mol. The third kappa shape index (κ3) is 3.94. The van der Waals surface area contributed by atoms with Crippen molar-refractivity contribution in [2.24, 2.45) is 5.92 Å². The highest BCUT2D eigenvalue weighted by atomic mass is 127. The van der Waals surface area contributed by atoms with Gasteiger partial charge in [0.1, 0.15) is 5.82 Å². The van der Waals surface area contributed by atoms with Gasteiger partial charge in [0.15, 0.2) is 0 Å². The van der Waals surface area contributed by atoms with Crippen molar-refractivity contribution in [3.8, 4) is 0 Å². The average molecular weight is 374 g/mol. The van der Waals surface area contributed by atoms with E-state index in [2.05, 4.69) is 46.3 Å². The molecule has 1 aliphatic heterocycles. The van der Waals surface area contributed by atoms with Gasteiger partial charge in [-0.15, -0.1) is 0 Å². The molecule has 2 N–H and O–H groups in total. The zero-order valence-electron chi connectivity index (χ0n) is 11.8. The Balaban J connectivity index is 2.26. The van der Waals surface area contributed by atoms with Crippen LogP contribution in [0.1, 0.15) is 45.2 Å². The minimum absolute atomic E-state index is 0.583. The SMILES string of the molecule is CC(C)Cc1nc(N2CCCCCC2)nc(N)c1I. The van der Waals surface area contributed by atoms with E-state index in [1.165, 1.54) is 25.7 Å². The van der Waals surface area contributed by atoms with Crippen LogP contribution in [-0.2, 0) is 6.42 Å². The van der Waals surface area contributed by atoms with Gasteiger partial charge in [-0.3, -0.25) is 0 Å². The van der Waals surface area contributed by atoms with Crippen LogP contribution in [-0.4, -0.2) is 23.1 Å². The molecule has 0 aliphatic carbocycles. The first kappa shape index (κ1) is 14.8. The largest absolute Gasteiger partial charge is 0.383 e. The molecule has 2 heterocycles. The number of hydrogen-bond donors (Lipinski definition) is 1. The lowest BCUT2D eigenvalue weighted by Gasteiger charge is -2.22. The Morgan fingerprint density at radius 3 is 2.37 bits per heavy atom. The van der Waals surface area contributed by atoms with Crippen LogP contribution in [0.5, 0.6) is 0 Å². The summed E-state index contributed by atoms with van der Waals surface area (Å²) in [6, 6.07) is 0. The number of nitrogens with zero attached hydrogens (tertiary/aromatic N) is 3. The summed E-state index contributed by atoms with van der Waals surface area (Å²) in [5, 5.41) is 0. The summed E-state index contributed by atoms with van der Waals surface area (Å²) in [7, 11) is 0. The van der Waals surface area contributed by atoms with Crippen LogP contribution < -0.4 is 10.6 Å². The fourth-order valence-corrected chi connectivity index (χ4v) is 2.89. The van der Waals surface area contributed by atoms with E-state index in [0.29, 0.717) is 11.7 Å². The molecule has 1 fully saturated rings. The molecular formula is C14H23IN4. The van der Waals surface area contributed by atoms with E-state index in [4.69, 9.17) is 10.7 Å². The van der Waals surface area contributed by atoms with Gasteiger partial charge in [0.25, 0.3) is 0 Å². The minimum Gasteiger partial charge on any atom is -0.383 e. The number of nitrogen functional groups attached to an aromatic ring is 1. The normalized spacial score (nSPS) is 16.7. The van der Waals surface area contributed by atoms with Crippen molar-refractivity contribution in [1.82, 2.24) is 9.97 Å². The molecular weight excluding hydrogens is 351 g/mol. The lowest BCUT2D eigenvalue weighted by atomic mass is 10.1. The summed E-state index contributed by atoms with van der Waals surface area (Å²) < 4.78 is 1.02. The molecule has 0 saturated carbocycles. The first-order chi connectivity index (χ1) is 9.08. The summed E-state index contributed by atoms with van der Waals surface area (Å²) in [4.78, 5) is 11.6. The molecule has 0 unspecified atom stereocenters. The fraction of sp³-hybridized carbons (Fsp3) is 0.714. The highest BCUT2D eigenvalue weighted by Gasteiger charge is 2.17. The van der Waals surface area contributed by atoms with Gasteiger partial charge in [0.05, 0.1) is 9.26 Å². The molecule has 0 aromatic carbocycles. The van der Waals surface area contributed by atoms with Crippen molar-refractivity contribution in [3.63, 3.8) is 0 Å². The molecule has 2 rings (SSSR count). The second-order valence-corrected chi connectivity index (χ2v) is 6.75. The topological polar surface area (TPSA) is 55.0 Å². The fourth-order valence-electron chi connectivity index (χ4n) is 2.43. The lowest BCUT2D eigenvalue weighted by Crippen LogP contribution is -2.27. The van der Waals surface area contributed by atoms with Gasteiger partial charge in [0.2, 0.25) is 5.95 Å². The summed E-state index contributed by atoms with van der Waals surface area (Å²) in [6.07, 6.45) is 6.06. The van der Waals surface area contributed by atoms with Crippen molar-refractivity contribution < 1.29 is 0 Å². The van der Waals surface area contributed by atoms with E-state index in [1.807, 2.05) is 0 Å². The number of nitrogens with two attached hydrogens (primary N) is 1. The number of anilines is 2. The van der Waals surface area contributed by atoms with Gasteiger partial charge in [0, 0.05) is 13.1 Å². The van der Waals surface area contributed by atoms with Gasteiger partial charge in [-0.25, -0.2) is 4.98 Å². The van der Waals surface area contributed by atoms with Crippen molar-refractivity contribution in [2.75, 3.05) is 23.7 Å². The minimum atomic E-state index is 0.583. The highest BCUT2D eigenvalue weighted by molar-refractivity contribution is 14.1. The van der Waals surface area contributed by atoms with Gasteiger partial charge in [-0.05, 0) is 47.8 Å². The molecule has 106 valence electrons. The number of hydrogen-bond acceptors (Lipinski definition) is 4. The van der Waals surface area contributed by atoms with E-state index in [0.717, 1.165) is 34.7 Å². The smallest absolute Gasteiger partial charge is 0.227 e. The molecule has 19 heavy (non-hydrogen) atoms. The number of aromatic nitrogens is 2.